The molecule has 2 rings (SSSR count). The lowest BCUT2D eigenvalue weighted by Crippen LogP contribution is -2.17. The third-order valence-corrected chi connectivity index (χ3v) is 2.83. The van der Waals surface area contributed by atoms with Crippen molar-refractivity contribution in [2.24, 2.45) is 0 Å². The Morgan fingerprint density at radius 3 is 2.19 bits per heavy atom. The van der Waals surface area contributed by atoms with Gasteiger partial charge in [-0.1, -0.05) is 0 Å². The number of nitrogens with zero attached hydrogens (tertiary/aromatic N) is 5. The van der Waals surface area contributed by atoms with Gasteiger partial charge in [-0.15, -0.1) is 0 Å². The van der Waals surface area contributed by atoms with Gasteiger partial charge in [0.15, 0.2) is 0 Å². The van der Waals surface area contributed by atoms with Crippen molar-refractivity contribution < 1.29 is 4.42 Å². The summed E-state index contributed by atoms with van der Waals surface area (Å²) in [5.74, 6) is 3.05. The van der Waals surface area contributed by atoms with E-state index in [2.05, 4.69) is 30.6 Å². The minimum atomic E-state index is 0.428. The number of hydrogen-bond donors (Lipinski definition) is 2. The van der Waals surface area contributed by atoms with Gasteiger partial charge in [0, 0.05) is 20.6 Å². The van der Waals surface area contributed by atoms with Gasteiger partial charge in [-0.2, -0.15) is 15.0 Å². The first-order valence-electron chi connectivity index (χ1n) is 6.83. The van der Waals surface area contributed by atoms with Crippen LogP contribution in [-0.4, -0.2) is 40.6 Å². The zero-order valence-corrected chi connectivity index (χ0v) is 13.1. The summed E-state index contributed by atoms with van der Waals surface area (Å²) in [6, 6.07) is 0. The van der Waals surface area contributed by atoms with Crippen LogP contribution in [0.5, 0.6) is 0 Å². The molecule has 0 fully saturated rings. The molecule has 0 aliphatic carbocycles. The van der Waals surface area contributed by atoms with E-state index in [4.69, 9.17) is 4.42 Å². The molecular formula is C13H21N7O. The Bertz CT molecular complexity index is 589. The van der Waals surface area contributed by atoms with E-state index in [1.54, 1.807) is 0 Å². The van der Waals surface area contributed by atoms with Crippen LogP contribution in [0.2, 0.25) is 0 Å². The summed E-state index contributed by atoms with van der Waals surface area (Å²) < 4.78 is 5.52. The number of rotatable bonds is 6. The molecule has 0 bridgehead atoms. The molecule has 2 aromatic rings. The highest BCUT2D eigenvalue weighted by Crippen LogP contribution is 2.13. The third kappa shape index (κ3) is 3.80. The molecule has 0 spiro atoms. The summed E-state index contributed by atoms with van der Waals surface area (Å²) in [6.07, 6.45) is 0. The molecule has 21 heavy (non-hydrogen) atoms. The van der Waals surface area contributed by atoms with Crippen LogP contribution in [0.1, 0.15) is 24.3 Å². The van der Waals surface area contributed by atoms with Gasteiger partial charge in [0.05, 0.1) is 12.2 Å². The first kappa shape index (κ1) is 15.0. The van der Waals surface area contributed by atoms with Crippen LogP contribution < -0.4 is 15.5 Å². The molecule has 2 aromatic heterocycles. The van der Waals surface area contributed by atoms with Crippen molar-refractivity contribution in [1.82, 2.24) is 19.9 Å². The third-order valence-electron chi connectivity index (χ3n) is 2.83. The van der Waals surface area contributed by atoms with Crippen molar-refractivity contribution in [3.8, 4) is 0 Å². The molecule has 0 atom stereocenters. The van der Waals surface area contributed by atoms with Crippen LogP contribution in [0, 0.1) is 13.8 Å². The largest absolute Gasteiger partial charge is 0.444 e. The minimum absolute atomic E-state index is 0.428. The molecule has 0 unspecified atom stereocenters. The molecule has 0 aromatic carbocycles. The monoisotopic (exact) mass is 291 g/mol. The fourth-order valence-electron chi connectivity index (χ4n) is 1.65. The zero-order chi connectivity index (χ0) is 15.4. The molecule has 0 aliphatic heterocycles. The second kappa shape index (κ2) is 6.38. The SMILES string of the molecule is CCNc1nc(NCc2nc(C)c(C)o2)nc(N(C)C)n1. The Kier molecular flexibility index (Phi) is 4.56. The van der Waals surface area contributed by atoms with Gasteiger partial charge >= 0.3 is 0 Å². The number of nitrogens with one attached hydrogen (secondary N) is 2. The second-order valence-electron chi connectivity index (χ2n) is 4.81. The van der Waals surface area contributed by atoms with E-state index in [1.165, 1.54) is 0 Å². The van der Waals surface area contributed by atoms with Gasteiger partial charge in [0.2, 0.25) is 23.7 Å². The van der Waals surface area contributed by atoms with Crippen LogP contribution in [0.4, 0.5) is 17.8 Å². The van der Waals surface area contributed by atoms with Crippen LogP contribution in [-0.2, 0) is 6.54 Å². The summed E-state index contributed by atoms with van der Waals surface area (Å²) in [4.78, 5) is 19.1. The van der Waals surface area contributed by atoms with E-state index in [9.17, 15) is 0 Å². The van der Waals surface area contributed by atoms with E-state index in [0.29, 0.717) is 30.3 Å². The summed E-state index contributed by atoms with van der Waals surface area (Å²) >= 11 is 0. The fraction of sp³-hybridized carbons (Fsp3) is 0.538. The van der Waals surface area contributed by atoms with E-state index >= 15 is 0 Å². The molecular weight excluding hydrogens is 270 g/mol. The Hall–Kier alpha value is -2.38. The minimum Gasteiger partial charge on any atom is -0.444 e. The van der Waals surface area contributed by atoms with Crippen LogP contribution in [0.15, 0.2) is 4.42 Å². The maximum absolute atomic E-state index is 5.52. The van der Waals surface area contributed by atoms with E-state index in [1.807, 2.05) is 39.8 Å². The lowest BCUT2D eigenvalue weighted by Gasteiger charge is -2.13. The summed E-state index contributed by atoms with van der Waals surface area (Å²) in [6.45, 7) is 6.97. The predicted octanol–water partition coefficient (Wildman–Crippen LogP) is 1.59. The normalized spacial score (nSPS) is 10.5. The molecule has 2 N–H and O–H groups in total. The average Bonchev–Trinajstić information content (AvgIpc) is 2.76. The average molecular weight is 291 g/mol. The fourth-order valence-corrected chi connectivity index (χ4v) is 1.65. The van der Waals surface area contributed by atoms with E-state index in [0.717, 1.165) is 18.0 Å². The Balaban J connectivity index is 2.14. The van der Waals surface area contributed by atoms with Crippen LogP contribution in [0.25, 0.3) is 0 Å². The molecule has 0 amide bonds. The topological polar surface area (TPSA) is 92.0 Å². The van der Waals surface area contributed by atoms with Crippen molar-refractivity contribution in [2.45, 2.75) is 27.3 Å². The molecule has 114 valence electrons. The highest BCUT2D eigenvalue weighted by Gasteiger charge is 2.10. The maximum atomic E-state index is 5.52. The molecule has 0 aliphatic rings. The van der Waals surface area contributed by atoms with Crippen molar-refractivity contribution in [3.63, 3.8) is 0 Å². The lowest BCUT2D eigenvalue weighted by molar-refractivity contribution is 0.478. The van der Waals surface area contributed by atoms with E-state index in [-0.39, 0.29) is 0 Å². The first-order chi connectivity index (χ1) is 9.99. The summed E-state index contributed by atoms with van der Waals surface area (Å²) in [7, 11) is 3.77. The lowest BCUT2D eigenvalue weighted by atomic mass is 10.4. The zero-order valence-electron chi connectivity index (χ0n) is 13.1. The molecule has 0 saturated carbocycles. The van der Waals surface area contributed by atoms with Gasteiger partial charge in [-0.05, 0) is 20.8 Å². The van der Waals surface area contributed by atoms with Crippen molar-refractivity contribution in [3.05, 3.63) is 17.3 Å². The Morgan fingerprint density at radius 2 is 1.67 bits per heavy atom. The smallest absolute Gasteiger partial charge is 0.231 e. The van der Waals surface area contributed by atoms with Gasteiger partial charge in [0.1, 0.15) is 5.76 Å². The van der Waals surface area contributed by atoms with E-state index < -0.39 is 0 Å². The highest BCUT2D eigenvalue weighted by molar-refractivity contribution is 5.42. The number of anilines is 3. The predicted molar refractivity (Wildman–Crippen MR) is 81.6 cm³/mol. The second-order valence-corrected chi connectivity index (χ2v) is 4.81. The maximum Gasteiger partial charge on any atom is 0.231 e. The van der Waals surface area contributed by atoms with Gasteiger partial charge in [-0.25, -0.2) is 4.98 Å². The number of aromatic nitrogens is 4. The molecule has 0 saturated heterocycles. The summed E-state index contributed by atoms with van der Waals surface area (Å²) in [5.41, 5.74) is 0.893. The molecule has 8 nitrogen and oxygen atoms in total. The molecule has 2 heterocycles. The molecule has 8 heteroatoms. The highest BCUT2D eigenvalue weighted by atomic mass is 16.4. The first-order valence-corrected chi connectivity index (χ1v) is 6.83. The Labute approximate surface area is 124 Å². The van der Waals surface area contributed by atoms with Gasteiger partial charge < -0.3 is 20.0 Å². The molecule has 0 radical (unpaired) electrons. The summed E-state index contributed by atoms with van der Waals surface area (Å²) in [5, 5.41) is 6.20. The number of oxazole rings is 1. The van der Waals surface area contributed by atoms with Crippen molar-refractivity contribution >= 4 is 17.8 Å². The van der Waals surface area contributed by atoms with Gasteiger partial charge in [-0.3, -0.25) is 0 Å². The number of aryl methyl sites for hydroxylation is 2. The van der Waals surface area contributed by atoms with Crippen molar-refractivity contribution in [2.75, 3.05) is 36.2 Å². The Morgan fingerprint density at radius 1 is 1.00 bits per heavy atom. The quantitative estimate of drug-likeness (QED) is 0.829. The standard InChI is InChI=1S/C13H21N7O/c1-6-14-11-17-12(19-13(18-11)20(4)5)15-7-10-16-8(2)9(3)21-10/h6-7H2,1-5H3,(H2,14,15,17,18,19). The van der Waals surface area contributed by atoms with Crippen molar-refractivity contribution in [1.29, 1.82) is 0 Å². The number of hydrogen-bond acceptors (Lipinski definition) is 8. The van der Waals surface area contributed by atoms with Gasteiger partial charge in [0.25, 0.3) is 0 Å². The van der Waals surface area contributed by atoms with Crippen LogP contribution >= 0.6 is 0 Å². The van der Waals surface area contributed by atoms with Crippen LogP contribution in [0.3, 0.4) is 0 Å².